The van der Waals surface area contributed by atoms with Gasteiger partial charge in [0.05, 0.1) is 13.0 Å². The highest BCUT2D eigenvalue weighted by atomic mass is 16.6. The Balaban J connectivity index is 2.52. The molecule has 0 aromatic rings. The number of carbonyl (C=O) groups is 2. The molecule has 0 bridgehead atoms. The standard InChI is InChI=1S/C17H30N2O6/c1-5-24-14(20)10-17(12-19(22)23)8-6-13(7-9-17)11-18-15(21)25-16(2,3)4/h13H,5-12H2,1-4H3,(H,18,21). The van der Waals surface area contributed by atoms with Crippen LogP contribution in [0.25, 0.3) is 0 Å². The number of amides is 1. The molecule has 1 saturated carbocycles. The highest BCUT2D eigenvalue weighted by Gasteiger charge is 2.42. The van der Waals surface area contributed by atoms with Crippen LogP contribution < -0.4 is 5.32 Å². The van der Waals surface area contributed by atoms with Crippen LogP contribution >= 0.6 is 0 Å². The third-order valence-corrected chi connectivity index (χ3v) is 4.39. The zero-order chi connectivity index (χ0) is 19.1. The second-order valence-corrected chi connectivity index (χ2v) is 7.80. The van der Waals surface area contributed by atoms with Gasteiger partial charge in [-0.05, 0) is 59.3 Å². The second-order valence-electron chi connectivity index (χ2n) is 7.80. The minimum absolute atomic E-state index is 0.0774. The fourth-order valence-corrected chi connectivity index (χ4v) is 3.22. The predicted octanol–water partition coefficient (Wildman–Crippen LogP) is 2.92. The maximum atomic E-state index is 11.8. The van der Waals surface area contributed by atoms with Crippen LogP contribution in [0.15, 0.2) is 0 Å². The van der Waals surface area contributed by atoms with Crippen molar-refractivity contribution in [2.75, 3.05) is 19.7 Å². The van der Waals surface area contributed by atoms with E-state index in [1.54, 1.807) is 27.7 Å². The quantitative estimate of drug-likeness (QED) is 0.426. The molecule has 1 N–H and O–H groups in total. The molecule has 8 heteroatoms. The molecule has 0 aromatic heterocycles. The summed E-state index contributed by atoms with van der Waals surface area (Å²) in [6.07, 6.45) is 2.22. The van der Waals surface area contributed by atoms with Crippen LogP contribution in [0.2, 0.25) is 0 Å². The summed E-state index contributed by atoms with van der Waals surface area (Å²) in [4.78, 5) is 34.2. The van der Waals surface area contributed by atoms with E-state index in [1.807, 2.05) is 0 Å². The van der Waals surface area contributed by atoms with E-state index in [4.69, 9.17) is 9.47 Å². The molecule has 0 aliphatic heterocycles. The lowest BCUT2D eigenvalue weighted by molar-refractivity contribution is -0.499. The number of ether oxygens (including phenoxy) is 2. The Hall–Kier alpha value is -1.86. The van der Waals surface area contributed by atoms with Gasteiger partial charge in [-0.15, -0.1) is 0 Å². The van der Waals surface area contributed by atoms with Crippen LogP contribution in [-0.2, 0) is 14.3 Å². The number of nitrogens with one attached hydrogen (secondary N) is 1. The number of nitro groups is 1. The maximum absolute atomic E-state index is 11.8. The molecule has 0 unspecified atom stereocenters. The van der Waals surface area contributed by atoms with Gasteiger partial charge in [0.15, 0.2) is 0 Å². The summed E-state index contributed by atoms with van der Waals surface area (Å²) in [5.74, 6) is -0.149. The van der Waals surface area contributed by atoms with Crippen LogP contribution in [0, 0.1) is 21.4 Å². The lowest BCUT2D eigenvalue weighted by atomic mass is 9.68. The average Bonchev–Trinajstić information content (AvgIpc) is 2.44. The van der Waals surface area contributed by atoms with E-state index < -0.39 is 17.1 Å². The number of hydrogen-bond donors (Lipinski definition) is 1. The molecular weight excluding hydrogens is 328 g/mol. The SMILES string of the molecule is CCOC(=O)CC1(C[N+](=O)[O-])CCC(CNC(=O)OC(C)(C)C)CC1. The van der Waals surface area contributed by atoms with E-state index in [0.29, 0.717) is 19.4 Å². The third kappa shape index (κ3) is 8.18. The molecule has 1 fully saturated rings. The van der Waals surface area contributed by atoms with Gasteiger partial charge in [0.1, 0.15) is 5.60 Å². The normalized spacial score (nSPS) is 23.6. The number of alkyl carbamates (subject to hydrolysis) is 1. The topological polar surface area (TPSA) is 108 Å². The number of esters is 1. The van der Waals surface area contributed by atoms with Gasteiger partial charge in [-0.25, -0.2) is 4.79 Å². The summed E-state index contributed by atoms with van der Waals surface area (Å²) in [7, 11) is 0. The van der Waals surface area contributed by atoms with Gasteiger partial charge in [0.25, 0.3) is 0 Å². The highest BCUT2D eigenvalue weighted by molar-refractivity contribution is 5.70. The first-order valence-electron chi connectivity index (χ1n) is 8.79. The molecule has 144 valence electrons. The van der Waals surface area contributed by atoms with Gasteiger partial charge in [-0.1, -0.05) is 0 Å². The molecule has 0 spiro atoms. The number of nitrogens with zero attached hydrogens (tertiary/aromatic N) is 1. The summed E-state index contributed by atoms with van der Waals surface area (Å²) in [6, 6.07) is 0. The third-order valence-electron chi connectivity index (χ3n) is 4.39. The lowest BCUT2D eigenvalue weighted by Crippen LogP contribution is -2.40. The fraction of sp³-hybridized carbons (Fsp3) is 0.882. The molecular formula is C17H30N2O6. The Morgan fingerprint density at radius 3 is 2.36 bits per heavy atom. The summed E-state index contributed by atoms with van der Waals surface area (Å²) < 4.78 is 10.2. The lowest BCUT2D eigenvalue weighted by Gasteiger charge is -2.36. The zero-order valence-corrected chi connectivity index (χ0v) is 15.6. The Labute approximate surface area is 148 Å². The minimum atomic E-state index is -0.641. The monoisotopic (exact) mass is 358 g/mol. The molecule has 0 atom stereocenters. The number of rotatable bonds is 7. The second kappa shape index (κ2) is 9.01. The molecule has 1 rings (SSSR count). The Morgan fingerprint density at radius 2 is 1.88 bits per heavy atom. The molecule has 0 saturated heterocycles. The van der Waals surface area contributed by atoms with Gasteiger partial charge >= 0.3 is 12.1 Å². The molecule has 1 aliphatic carbocycles. The van der Waals surface area contributed by atoms with Crippen molar-refractivity contribution in [3.63, 3.8) is 0 Å². The van der Waals surface area contributed by atoms with Crippen molar-refractivity contribution in [3.05, 3.63) is 10.1 Å². The number of hydrogen-bond acceptors (Lipinski definition) is 6. The van der Waals surface area contributed by atoms with E-state index >= 15 is 0 Å². The van der Waals surface area contributed by atoms with E-state index in [-0.39, 0.29) is 36.4 Å². The van der Waals surface area contributed by atoms with Crippen molar-refractivity contribution >= 4 is 12.1 Å². The van der Waals surface area contributed by atoms with E-state index in [0.717, 1.165) is 12.8 Å². The molecule has 0 aromatic carbocycles. The predicted molar refractivity (Wildman–Crippen MR) is 91.7 cm³/mol. The van der Waals surface area contributed by atoms with Gasteiger partial charge in [0.2, 0.25) is 6.54 Å². The Bertz CT molecular complexity index is 478. The maximum Gasteiger partial charge on any atom is 0.407 e. The van der Waals surface area contributed by atoms with E-state index in [1.165, 1.54) is 0 Å². The van der Waals surface area contributed by atoms with Crippen molar-refractivity contribution in [1.82, 2.24) is 5.32 Å². The average molecular weight is 358 g/mol. The Kier molecular flexibility index (Phi) is 7.63. The summed E-state index contributed by atoms with van der Waals surface area (Å²) >= 11 is 0. The van der Waals surface area contributed by atoms with Gasteiger partial charge in [0, 0.05) is 16.9 Å². The Morgan fingerprint density at radius 1 is 1.28 bits per heavy atom. The van der Waals surface area contributed by atoms with Crippen LogP contribution in [0.1, 0.15) is 59.8 Å². The van der Waals surface area contributed by atoms with Gasteiger partial charge < -0.3 is 14.8 Å². The molecule has 25 heavy (non-hydrogen) atoms. The first kappa shape index (κ1) is 21.2. The summed E-state index contributed by atoms with van der Waals surface area (Å²) in [5, 5.41) is 13.8. The van der Waals surface area contributed by atoms with Crippen LogP contribution in [-0.4, -0.2) is 42.3 Å². The van der Waals surface area contributed by atoms with Crippen molar-refractivity contribution in [2.24, 2.45) is 11.3 Å². The molecule has 0 heterocycles. The largest absolute Gasteiger partial charge is 0.466 e. The zero-order valence-electron chi connectivity index (χ0n) is 15.6. The van der Waals surface area contributed by atoms with Crippen molar-refractivity contribution in [3.8, 4) is 0 Å². The van der Waals surface area contributed by atoms with Gasteiger partial charge in [-0.3, -0.25) is 14.9 Å². The van der Waals surface area contributed by atoms with Crippen LogP contribution in [0.5, 0.6) is 0 Å². The molecule has 1 amide bonds. The fourth-order valence-electron chi connectivity index (χ4n) is 3.22. The summed E-state index contributed by atoms with van der Waals surface area (Å²) in [5.41, 5.74) is -1.19. The minimum Gasteiger partial charge on any atom is -0.466 e. The molecule has 0 radical (unpaired) electrons. The summed E-state index contributed by atoms with van der Waals surface area (Å²) in [6.45, 7) is 7.64. The van der Waals surface area contributed by atoms with Crippen molar-refractivity contribution < 1.29 is 24.0 Å². The van der Waals surface area contributed by atoms with E-state index in [2.05, 4.69) is 5.32 Å². The molecule has 8 nitrogen and oxygen atoms in total. The first-order chi connectivity index (χ1) is 11.6. The van der Waals surface area contributed by atoms with Crippen LogP contribution in [0.3, 0.4) is 0 Å². The smallest absolute Gasteiger partial charge is 0.407 e. The highest BCUT2D eigenvalue weighted by Crippen LogP contribution is 2.42. The van der Waals surface area contributed by atoms with E-state index in [9.17, 15) is 19.7 Å². The van der Waals surface area contributed by atoms with Crippen LogP contribution in [0.4, 0.5) is 4.79 Å². The first-order valence-corrected chi connectivity index (χ1v) is 8.79. The van der Waals surface area contributed by atoms with Gasteiger partial charge in [-0.2, -0.15) is 0 Å². The van der Waals surface area contributed by atoms with Crippen molar-refractivity contribution in [1.29, 1.82) is 0 Å². The number of carbonyl (C=O) groups excluding carboxylic acids is 2. The molecule has 1 aliphatic rings. The van der Waals surface area contributed by atoms with Crippen molar-refractivity contribution in [2.45, 2.75) is 65.4 Å².